The topological polar surface area (TPSA) is 76.7 Å². The van der Waals surface area contributed by atoms with Crippen LogP contribution >= 0.6 is 0 Å². The Balaban J connectivity index is 2.60. The van der Waals surface area contributed by atoms with Gasteiger partial charge in [0, 0.05) is 11.6 Å². The fraction of sp³-hybridized carbons (Fsp3) is 0.444. The SMILES string of the molecule is CCOc1cc(/C=C/C(=O)NCC(=O)NC(C)(C)C)ccc1OC. The van der Waals surface area contributed by atoms with Crippen LogP contribution in [-0.4, -0.2) is 37.6 Å². The maximum atomic E-state index is 11.8. The monoisotopic (exact) mass is 334 g/mol. The summed E-state index contributed by atoms with van der Waals surface area (Å²) in [5.74, 6) is 0.685. The van der Waals surface area contributed by atoms with E-state index in [4.69, 9.17) is 9.47 Å². The first-order valence-corrected chi connectivity index (χ1v) is 7.83. The van der Waals surface area contributed by atoms with Gasteiger partial charge in [0.2, 0.25) is 11.8 Å². The van der Waals surface area contributed by atoms with Crippen molar-refractivity contribution in [2.75, 3.05) is 20.3 Å². The molecule has 132 valence electrons. The Labute approximate surface area is 143 Å². The highest BCUT2D eigenvalue weighted by Gasteiger charge is 2.13. The molecule has 0 radical (unpaired) electrons. The van der Waals surface area contributed by atoms with Gasteiger partial charge in [0.15, 0.2) is 11.5 Å². The lowest BCUT2D eigenvalue weighted by molar-refractivity contribution is -0.124. The standard InChI is InChI=1S/C18H26N2O4/c1-6-24-15-11-13(7-9-14(15)23-5)8-10-16(21)19-12-17(22)20-18(2,3)4/h7-11H,6,12H2,1-5H3,(H,19,21)(H,20,22)/b10-8+. The second-order valence-corrected chi connectivity index (χ2v) is 6.19. The van der Waals surface area contributed by atoms with Crippen LogP contribution in [0.1, 0.15) is 33.3 Å². The van der Waals surface area contributed by atoms with Crippen LogP contribution in [0.2, 0.25) is 0 Å². The summed E-state index contributed by atoms with van der Waals surface area (Å²) in [5.41, 5.74) is 0.477. The molecule has 0 heterocycles. The summed E-state index contributed by atoms with van der Waals surface area (Å²) < 4.78 is 10.7. The molecule has 0 atom stereocenters. The van der Waals surface area contributed by atoms with Gasteiger partial charge in [0.05, 0.1) is 20.3 Å². The molecule has 0 unspecified atom stereocenters. The Hall–Kier alpha value is -2.50. The Morgan fingerprint density at radius 1 is 1.21 bits per heavy atom. The third-order valence-corrected chi connectivity index (χ3v) is 2.85. The molecule has 24 heavy (non-hydrogen) atoms. The molecular weight excluding hydrogens is 308 g/mol. The minimum absolute atomic E-state index is 0.0623. The maximum absolute atomic E-state index is 11.8. The van der Waals surface area contributed by atoms with Crippen molar-refractivity contribution >= 4 is 17.9 Å². The van der Waals surface area contributed by atoms with E-state index in [-0.39, 0.29) is 23.9 Å². The number of rotatable bonds is 7. The van der Waals surface area contributed by atoms with Crippen LogP contribution in [0.3, 0.4) is 0 Å². The zero-order valence-corrected chi connectivity index (χ0v) is 14.9. The Morgan fingerprint density at radius 3 is 2.50 bits per heavy atom. The molecule has 0 aliphatic heterocycles. The number of ether oxygens (including phenoxy) is 2. The van der Waals surface area contributed by atoms with Crippen LogP contribution in [0.4, 0.5) is 0 Å². The minimum Gasteiger partial charge on any atom is -0.493 e. The van der Waals surface area contributed by atoms with Crippen molar-refractivity contribution in [2.24, 2.45) is 0 Å². The highest BCUT2D eigenvalue weighted by Crippen LogP contribution is 2.28. The Morgan fingerprint density at radius 2 is 1.92 bits per heavy atom. The number of carbonyl (C=O) groups is 2. The largest absolute Gasteiger partial charge is 0.493 e. The first-order valence-electron chi connectivity index (χ1n) is 7.83. The molecule has 0 fully saturated rings. The van der Waals surface area contributed by atoms with Gasteiger partial charge < -0.3 is 20.1 Å². The third kappa shape index (κ3) is 7.17. The van der Waals surface area contributed by atoms with Crippen molar-refractivity contribution in [3.8, 4) is 11.5 Å². The van der Waals surface area contributed by atoms with Gasteiger partial charge in [0.25, 0.3) is 0 Å². The fourth-order valence-electron chi connectivity index (χ4n) is 1.93. The number of nitrogens with one attached hydrogen (secondary N) is 2. The lowest BCUT2D eigenvalue weighted by atomic mass is 10.1. The van der Waals surface area contributed by atoms with Gasteiger partial charge in [-0.3, -0.25) is 9.59 Å². The number of hydrogen-bond acceptors (Lipinski definition) is 4. The van der Waals surface area contributed by atoms with Crippen molar-refractivity contribution in [1.29, 1.82) is 0 Å². The van der Waals surface area contributed by atoms with Gasteiger partial charge in [-0.15, -0.1) is 0 Å². The van der Waals surface area contributed by atoms with Crippen molar-refractivity contribution in [1.82, 2.24) is 10.6 Å². The molecule has 0 spiro atoms. The Kier molecular flexibility index (Phi) is 7.30. The van der Waals surface area contributed by atoms with Crippen molar-refractivity contribution in [2.45, 2.75) is 33.2 Å². The molecule has 6 heteroatoms. The first-order chi connectivity index (χ1) is 11.2. The zero-order valence-electron chi connectivity index (χ0n) is 14.9. The molecule has 6 nitrogen and oxygen atoms in total. The summed E-state index contributed by atoms with van der Waals surface area (Å²) in [4.78, 5) is 23.4. The summed E-state index contributed by atoms with van der Waals surface area (Å²) in [6, 6.07) is 5.38. The quantitative estimate of drug-likeness (QED) is 0.749. The van der Waals surface area contributed by atoms with E-state index in [0.717, 1.165) is 5.56 Å². The van der Waals surface area contributed by atoms with Gasteiger partial charge in [-0.1, -0.05) is 6.07 Å². The zero-order chi connectivity index (χ0) is 18.2. The molecule has 0 aromatic heterocycles. The fourth-order valence-corrected chi connectivity index (χ4v) is 1.93. The van der Waals surface area contributed by atoms with Crippen LogP contribution in [0.25, 0.3) is 6.08 Å². The summed E-state index contributed by atoms with van der Waals surface area (Å²) in [5, 5.41) is 5.32. The van der Waals surface area contributed by atoms with E-state index < -0.39 is 0 Å². The van der Waals surface area contributed by atoms with E-state index in [0.29, 0.717) is 18.1 Å². The van der Waals surface area contributed by atoms with Gasteiger partial charge >= 0.3 is 0 Å². The van der Waals surface area contributed by atoms with Crippen molar-refractivity contribution < 1.29 is 19.1 Å². The van der Waals surface area contributed by atoms with E-state index in [9.17, 15) is 9.59 Å². The average molecular weight is 334 g/mol. The maximum Gasteiger partial charge on any atom is 0.244 e. The van der Waals surface area contributed by atoms with Crippen molar-refractivity contribution in [3.05, 3.63) is 29.8 Å². The predicted molar refractivity (Wildman–Crippen MR) is 94.1 cm³/mol. The molecule has 1 aromatic rings. The molecule has 0 aliphatic carbocycles. The molecule has 0 bridgehead atoms. The molecule has 0 aliphatic rings. The van der Waals surface area contributed by atoms with E-state index in [1.165, 1.54) is 6.08 Å². The summed E-state index contributed by atoms with van der Waals surface area (Å²) in [6.07, 6.45) is 3.03. The summed E-state index contributed by atoms with van der Waals surface area (Å²) in [7, 11) is 1.57. The molecule has 1 rings (SSSR count). The van der Waals surface area contributed by atoms with Gasteiger partial charge in [0.1, 0.15) is 0 Å². The number of carbonyl (C=O) groups excluding carboxylic acids is 2. The van der Waals surface area contributed by atoms with Gasteiger partial charge in [-0.25, -0.2) is 0 Å². The van der Waals surface area contributed by atoms with E-state index >= 15 is 0 Å². The first kappa shape index (κ1) is 19.5. The van der Waals surface area contributed by atoms with Crippen LogP contribution in [0, 0.1) is 0 Å². The van der Waals surface area contributed by atoms with Crippen molar-refractivity contribution in [3.63, 3.8) is 0 Å². The highest BCUT2D eigenvalue weighted by molar-refractivity contribution is 5.94. The van der Waals surface area contributed by atoms with E-state index in [2.05, 4.69) is 10.6 Å². The average Bonchev–Trinajstić information content (AvgIpc) is 2.50. The Bertz CT molecular complexity index is 604. The molecule has 0 saturated heterocycles. The third-order valence-electron chi connectivity index (χ3n) is 2.85. The van der Waals surface area contributed by atoms with Crippen LogP contribution in [0.15, 0.2) is 24.3 Å². The smallest absolute Gasteiger partial charge is 0.244 e. The van der Waals surface area contributed by atoms with Gasteiger partial charge in [-0.05, 0) is 51.5 Å². The lowest BCUT2D eigenvalue weighted by Crippen LogP contribution is -2.45. The van der Waals surface area contributed by atoms with E-state index in [1.807, 2.05) is 33.8 Å². The van der Waals surface area contributed by atoms with Gasteiger partial charge in [-0.2, -0.15) is 0 Å². The molecular formula is C18H26N2O4. The van der Waals surface area contributed by atoms with Crippen LogP contribution in [-0.2, 0) is 9.59 Å². The van der Waals surface area contributed by atoms with Crippen LogP contribution in [0.5, 0.6) is 11.5 Å². The lowest BCUT2D eigenvalue weighted by Gasteiger charge is -2.20. The molecule has 2 amide bonds. The molecule has 2 N–H and O–H groups in total. The predicted octanol–water partition coefficient (Wildman–Crippen LogP) is 2.14. The molecule has 0 saturated carbocycles. The van der Waals surface area contributed by atoms with Crippen LogP contribution < -0.4 is 20.1 Å². The molecule has 1 aromatic carbocycles. The number of benzene rings is 1. The number of methoxy groups -OCH3 is 1. The minimum atomic E-state index is -0.340. The normalized spacial score (nSPS) is 11.2. The summed E-state index contributed by atoms with van der Waals surface area (Å²) in [6.45, 7) is 7.99. The number of hydrogen-bond donors (Lipinski definition) is 2. The van der Waals surface area contributed by atoms with E-state index in [1.54, 1.807) is 25.3 Å². The number of amides is 2. The second-order valence-electron chi connectivity index (χ2n) is 6.19. The summed E-state index contributed by atoms with van der Waals surface area (Å²) >= 11 is 0. The second kappa shape index (κ2) is 8.96. The highest BCUT2D eigenvalue weighted by atomic mass is 16.5.